The van der Waals surface area contributed by atoms with Crippen LogP contribution in [0.1, 0.15) is 13.3 Å². The SMILES string of the molecule is CC(CC(=O)O)Sc1ccnc2ccccc12. The number of para-hydroxylation sites is 1. The average molecular weight is 247 g/mol. The predicted molar refractivity (Wildman–Crippen MR) is 69.3 cm³/mol. The monoisotopic (exact) mass is 247 g/mol. The second kappa shape index (κ2) is 5.19. The number of hydrogen-bond acceptors (Lipinski definition) is 3. The normalized spacial score (nSPS) is 12.5. The number of carbonyl (C=O) groups is 1. The number of fused-ring (bicyclic) bond motifs is 1. The van der Waals surface area contributed by atoms with Gasteiger partial charge in [0.15, 0.2) is 0 Å². The highest BCUT2D eigenvalue weighted by molar-refractivity contribution is 8.00. The molecular weight excluding hydrogens is 234 g/mol. The lowest BCUT2D eigenvalue weighted by Gasteiger charge is -2.10. The van der Waals surface area contributed by atoms with Crippen molar-refractivity contribution in [3.05, 3.63) is 36.5 Å². The van der Waals surface area contributed by atoms with Crippen molar-refractivity contribution in [2.45, 2.75) is 23.5 Å². The van der Waals surface area contributed by atoms with Crippen LogP contribution in [-0.4, -0.2) is 21.3 Å². The Labute approximate surface area is 104 Å². The van der Waals surface area contributed by atoms with Gasteiger partial charge in [-0.15, -0.1) is 11.8 Å². The molecule has 88 valence electrons. The number of benzene rings is 1. The largest absolute Gasteiger partial charge is 0.481 e. The van der Waals surface area contributed by atoms with Crippen molar-refractivity contribution in [3.8, 4) is 0 Å². The van der Waals surface area contributed by atoms with Crippen LogP contribution in [0.4, 0.5) is 0 Å². The van der Waals surface area contributed by atoms with E-state index in [4.69, 9.17) is 5.11 Å². The van der Waals surface area contributed by atoms with Gasteiger partial charge < -0.3 is 5.11 Å². The Morgan fingerprint density at radius 1 is 1.41 bits per heavy atom. The number of hydrogen-bond donors (Lipinski definition) is 1. The van der Waals surface area contributed by atoms with Crippen LogP contribution in [0, 0.1) is 0 Å². The molecule has 0 aliphatic rings. The van der Waals surface area contributed by atoms with Gasteiger partial charge in [0.1, 0.15) is 0 Å². The molecule has 2 rings (SSSR count). The highest BCUT2D eigenvalue weighted by Gasteiger charge is 2.11. The summed E-state index contributed by atoms with van der Waals surface area (Å²) in [6, 6.07) is 9.82. The minimum Gasteiger partial charge on any atom is -0.481 e. The Morgan fingerprint density at radius 2 is 2.18 bits per heavy atom. The average Bonchev–Trinajstić information content (AvgIpc) is 2.28. The standard InChI is InChI=1S/C13H13NO2S/c1-9(8-13(15)16)17-12-6-7-14-11-5-3-2-4-10(11)12/h2-7,9H,8H2,1H3,(H,15,16). The zero-order valence-corrected chi connectivity index (χ0v) is 10.3. The predicted octanol–water partition coefficient (Wildman–Crippen LogP) is 3.19. The number of carboxylic acid groups (broad SMARTS) is 1. The van der Waals surface area contributed by atoms with E-state index < -0.39 is 5.97 Å². The van der Waals surface area contributed by atoms with E-state index in [0.29, 0.717) is 0 Å². The second-order valence-electron chi connectivity index (χ2n) is 3.85. The van der Waals surface area contributed by atoms with Gasteiger partial charge in [0.25, 0.3) is 0 Å². The molecule has 1 heterocycles. The molecule has 0 aliphatic carbocycles. The van der Waals surface area contributed by atoms with Crippen LogP contribution in [0.5, 0.6) is 0 Å². The molecule has 1 aromatic carbocycles. The van der Waals surface area contributed by atoms with E-state index in [1.807, 2.05) is 37.3 Å². The second-order valence-corrected chi connectivity index (χ2v) is 5.33. The summed E-state index contributed by atoms with van der Waals surface area (Å²) < 4.78 is 0. The third-order valence-electron chi connectivity index (χ3n) is 2.40. The molecule has 2 aromatic rings. The molecule has 0 radical (unpaired) electrons. The number of nitrogens with zero attached hydrogens (tertiary/aromatic N) is 1. The summed E-state index contributed by atoms with van der Waals surface area (Å²) in [4.78, 5) is 16.0. The molecular formula is C13H13NO2S. The Kier molecular flexibility index (Phi) is 3.64. The lowest BCUT2D eigenvalue weighted by molar-refractivity contribution is -0.136. The molecule has 0 amide bonds. The van der Waals surface area contributed by atoms with Gasteiger partial charge in [-0.3, -0.25) is 9.78 Å². The number of rotatable bonds is 4. The Morgan fingerprint density at radius 3 is 2.94 bits per heavy atom. The molecule has 1 N–H and O–H groups in total. The van der Waals surface area contributed by atoms with Gasteiger partial charge in [-0.25, -0.2) is 0 Å². The molecule has 3 nitrogen and oxygen atoms in total. The van der Waals surface area contributed by atoms with Crippen molar-refractivity contribution in [2.75, 3.05) is 0 Å². The topological polar surface area (TPSA) is 50.2 Å². The summed E-state index contributed by atoms with van der Waals surface area (Å²) in [6.07, 6.45) is 1.93. The maximum absolute atomic E-state index is 10.6. The Balaban J connectivity index is 2.26. The van der Waals surface area contributed by atoms with Crippen LogP contribution in [0.2, 0.25) is 0 Å². The fourth-order valence-corrected chi connectivity index (χ4v) is 2.78. The molecule has 0 fully saturated rings. The lowest BCUT2D eigenvalue weighted by atomic mass is 10.2. The molecule has 0 spiro atoms. The number of aliphatic carboxylic acids is 1. The third kappa shape index (κ3) is 2.97. The quantitative estimate of drug-likeness (QED) is 0.843. The van der Waals surface area contributed by atoms with E-state index in [-0.39, 0.29) is 11.7 Å². The van der Waals surface area contributed by atoms with Crippen LogP contribution in [0.3, 0.4) is 0 Å². The van der Waals surface area contributed by atoms with Crippen molar-refractivity contribution in [2.24, 2.45) is 0 Å². The van der Waals surface area contributed by atoms with E-state index in [1.165, 1.54) is 0 Å². The zero-order valence-electron chi connectivity index (χ0n) is 9.46. The van der Waals surface area contributed by atoms with Gasteiger partial charge in [-0.1, -0.05) is 25.1 Å². The van der Waals surface area contributed by atoms with Gasteiger partial charge in [-0.05, 0) is 12.1 Å². The molecule has 1 aromatic heterocycles. The fraction of sp³-hybridized carbons (Fsp3) is 0.231. The fourth-order valence-electron chi connectivity index (χ4n) is 1.68. The summed E-state index contributed by atoms with van der Waals surface area (Å²) in [5.74, 6) is -0.761. The molecule has 17 heavy (non-hydrogen) atoms. The van der Waals surface area contributed by atoms with Crippen molar-refractivity contribution in [3.63, 3.8) is 0 Å². The maximum atomic E-state index is 10.6. The summed E-state index contributed by atoms with van der Waals surface area (Å²) in [5, 5.41) is 9.88. The van der Waals surface area contributed by atoms with Crippen molar-refractivity contribution >= 4 is 28.6 Å². The molecule has 0 bridgehead atoms. The molecule has 0 aliphatic heterocycles. The summed E-state index contributed by atoms with van der Waals surface area (Å²) in [7, 11) is 0. The highest BCUT2D eigenvalue weighted by Crippen LogP contribution is 2.30. The van der Waals surface area contributed by atoms with Crippen LogP contribution in [-0.2, 0) is 4.79 Å². The first kappa shape index (κ1) is 11.9. The minimum atomic E-state index is -0.761. The Bertz CT molecular complexity index is 536. The van der Waals surface area contributed by atoms with Crippen LogP contribution >= 0.6 is 11.8 Å². The zero-order chi connectivity index (χ0) is 12.3. The van der Waals surface area contributed by atoms with E-state index in [9.17, 15) is 4.79 Å². The van der Waals surface area contributed by atoms with Crippen molar-refractivity contribution in [1.29, 1.82) is 0 Å². The van der Waals surface area contributed by atoms with E-state index in [1.54, 1.807) is 18.0 Å². The third-order valence-corrected chi connectivity index (χ3v) is 3.58. The summed E-state index contributed by atoms with van der Waals surface area (Å²) in [5.41, 5.74) is 0.944. The van der Waals surface area contributed by atoms with E-state index in [0.717, 1.165) is 15.8 Å². The Hall–Kier alpha value is -1.55. The van der Waals surface area contributed by atoms with Crippen LogP contribution in [0.25, 0.3) is 10.9 Å². The van der Waals surface area contributed by atoms with Gasteiger partial charge in [0.05, 0.1) is 11.9 Å². The molecule has 0 saturated heterocycles. The van der Waals surface area contributed by atoms with Gasteiger partial charge >= 0.3 is 5.97 Å². The summed E-state index contributed by atoms with van der Waals surface area (Å²) in [6.45, 7) is 1.92. The first-order chi connectivity index (χ1) is 8.16. The maximum Gasteiger partial charge on any atom is 0.304 e. The van der Waals surface area contributed by atoms with Crippen molar-refractivity contribution in [1.82, 2.24) is 4.98 Å². The lowest BCUT2D eigenvalue weighted by Crippen LogP contribution is -2.05. The number of aromatic nitrogens is 1. The van der Waals surface area contributed by atoms with E-state index in [2.05, 4.69) is 4.98 Å². The number of thioether (sulfide) groups is 1. The minimum absolute atomic E-state index is 0.0540. The van der Waals surface area contributed by atoms with E-state index >= 15 is 0 Å². The van der Waals surface area contributed by atoms with Crippen LogP contribution < -0.4 is 0 Å². The van der Waals surface area contributed by atoms with Crippen molar-refractivity contribution < 1.29 is 9.90 Å². The smallest absolute Gasteiger partial charge is 0.304 e. The molecule has 1 atom stereocenters. The van der Waals surface area contributed by atoms with Gasteiger partial charge in [-0.2, -0.15) is 0 Å². The first-order valence-corrected chi connectivity index (χ1v) is 6.27. The number of carboxylic acids is 1. The van der Waals surface area contributed by atoms with Gasteiger partial charge in [0, 0.05) is 21.7 Å². The van der Waals surface area contributed by atoms with Gasteiger partial charge in [0.2, 0.25) is 0 Å². The number of pyridine rings is 1. The highest BCUT2D eigenvalue weighted by atomic mass is 32.2. The molecule has 0 saturated carbocycles. The first-order valence-electron chi connectivity index (χ1n) is 5.39. The molecule has 1 unspecified atom stereocenters. The molecule has 4 heteroatoms. The summed E-state index contributed by atoms with van der Waals surface area (Å²) >= 11 is 1.58. The van der Waals surface area contributed by atoms with Crippen LogP contribution in [0.15, 0.2) is 41.4 Å².